The molecule has 0 atom stereocenters. The number of allylic oxidation sites excluding steroid dienone is 1. The van der Waals surface area contributed by atoms with Crippen molar-refractivity contribution in [3.05, 3.63) is 76.0 Å². The number of ether oxygens (including phenoxy) is 1. The second-order valence-electron chi connectivity index (χ2n) is 8.55. The Hall–Kier alpha value is -4.50. The Labute approximate surface area is 227 Å². The maximum absolute atomic E-state index is 13.6. The summed E-state index contributed by atoms with van der Waals surface area (Å²) in [6, 6.07) is 5.71. The molecule has 0 spiro atoms. The number of carbonyl (C=O) groups excluding carboxylic acids is 1. The van der Waals surface area contributed by atoms with Crippen LogP contribution in [0.4, 0.5) is 8.78 Å². The summed E-state index contributed by atoms with van der Waals surface area (Å²) in [7, 11) is 2.96. The lowest BCUT2D eigenvalue weighted by molar-refractivity contribution is 0.0978. The number of amidine groups is 1. The zero-order valence-corrected chi connectivity index (χ0v) is 21.9. The maximum atomic E-state index is 13.6. The number of aryl methyl sites for hydroxylation is 1. The third-order valence-corrected chi connectivity index (χ3v) is 6.47. The summed E-state index contributed by atoms with van der Waals surface area (Å²) in [5.41, 5.74) is 0.441. The van der Waals surface area contributed by atoms with Crippen LogP contribution in [0.2, 0.25) is 0 Å². The topological polar surface area (TPSA) is 124 Å². The quantitative estimate of drug-likeness (QED) is 0.156. The number of carbonyl (C=O) groups is 1. The van der Waals surface area contributed by atoms with Crippen LogP contribution in [0.1, 0.15) is 35.3 Å². The summed E-state index contributed by atoms with van der Waals surface area (Å²) >= 11 is 0.990. The largest absolute Gasteiger partial charge is 0.494 e. The molecular formula is C27H24F2N6O3S. The van der Waals surface area contributed by atoms with Crippen molar-refractivity contribution < 1.29 is 18.3 Å². The molecule has 1 aliphatic carbocycles. The Balaban J connectivity index is 1.76. The van der Waals surface area contributed by atoms with Crippen molar-refractivity contribution in [2.75, 3.05) is 7.11 Å². The molecule has 3 aromatic heterocycles. The number of methoxy groups -OCH3 is 1. The van der Waals surface area contributed by atoms with Gasteiger partial charge in [-0.05, 0) is 42.8 Å². The number of alkyl halides is 2. The minimum absolute atomic E-state index is 0.0173. The normalized spacial score (nSPS) is 13.0. The van der Waals surface area contributed by atoms with E-state index in [1.807, 2.05) is 0 Å². The van der Waals surface area contributed by atoms with Gasteiger partial charge in [0.2, 0.25) is 0 Å². The highest BCUT2D eigenvalue weighted by molar-refractivity contribution is 8.17. The molecule has 0 saturated heterocycles. The predicted octanol–water partition coefficient (Wildman–Crippen LogP) is 4.08. The van der Waals surface area contributed by atoms with Crippen LogP contribution in [0.25, 0.3) is 22.4 Å². The van der Waals surface area contributed by atoms with Crippen molar-refractivity contribution in [1.29, 1.82) is 0 Å². The van der Waals surface area contributed by atoms with E-state index in [2.05, 4.69) is 38.8 Å². The van der Waals surface area contributed by atoms with Gasteiger partial charge in [0.05, 0.1) is 29.5 Å². The lowest BCUT2D eigenvalue weighted by Crippen LogP contribution is -2.30. The van der Waals surface area contributed by atoms with Crippen LogP contribution in [0.3, 0.4) is 0 Å². The van der Waals surface area contributed by atoms with Crippen molar-refractivity contribution in [3.63, 3.8) is 0 Å². The molecule has 3 aromatic rings. The number of hydrazone groups is 1. The van der Waals surface area contributed by atoms with Crippen molar-refractivity contribution >= 4 is 22.8 Å². The van der Waals surface area contributed by atoms with Crippen LogP contribution >= 0.6 is 11.8 Å². The van der Waals surface area contributed by atoms with Crippen LogP contribution in [0.15, 0.2) is 64.2 Å². The predicted molar refractivity (Wildman–Crippen MR) is 146 cm³/mol. The van der Waals surface area contributed by atoms with Gasteiger partial charge in [-0.1, -0.05) is 18.4 Å². The molecule has 9 nitrogen and oxygen atoms in total. The summed E-state index contributed by atoms with van der Waals surface area (Å²) in [5, 5.41) is 6.25. The molecule has 1 fully saturated rings. The molecule has 3 N–H and O–H groups in total. The summed E-state index contributed by atoms with van der Waals surface area (Å²) in [5.74, 6) is 11.3. The second kappa shape index (κ2) is 11.9. The number of nitrogens with one attached hydrogen (secondary N) is 1. The van der Waals surface area contributed by atoms with Crippen molar-refractivity contribution in [1.82, 2.24) is 19.9 Å². The Morgan fingerprint density at radius 3 is 2.69 bits per heavy atom. The molecule has 0 radical (unpaired) electrons. The fraction of sp³-hybridized carbons (Fsp3) is 0.222. The number of nitrogens with two attached hydrogens (primary N) is 1. The van der Waals surface area contributed by atoms with Crippen molar-refractivity contribution in [2.45, 2.75) is 19.3 Å². The van der Waals surface area contributed by atoms with Crippen LogP contribution in [-0.4, -0.2) is 32.7 Å². The van der Waals surface area contributed by atoms with E-state index in [0.29, 0.717) is 22.1 Å². The summed E-state index contributed by atoms with van der Waals surface area (Å²) in [6.45, 7) is 3.86. The first-order valence-electron chi connectivity index (χ1n) is 11.7. The first kappa shape index (κ1) is 27.5. The third kappa shape index (κ3) is 6.69. The van der Waals surface area contributed by atoms with Crippen molar-refractivity contribution in [2.24, 2.45) is 23.9 Å². The standard InChI is InChI=1S/C27H24F2N6O3S/c1-15(4-5-16-6-7-16)39-27(34-30)33-26(37)20-13-31-21(17-8-9-35(2)24(36)10-17)11-18(20)19-12-22(25(28)29)32-14-23(19)38-3/h8-14,16,25H,1,6-7,30H2,2-3H3,(H,33,34,37). The molecule has 0 aliphatic heterocycles. The highest BCUT2D eigenvalue weighted by Crippen LogP contribution is 2.36. The van der Waals surface area contributed by atoms with E-state index in [-0.39, 0.29) is 33.2 Å². The lowest BCUT2D eigenvalue weighted by atomic mass is 9.98. The number of thioether (sulfide) groups is 1. The zero-order chi connectivity index (χ0) is 28.1. The van der Waals surface area contributed by atoms with Gasteiger partial charge in [-0.25, -0.2) is 8.78 Å². The molecule has 200 valence electrons. The molecule has 1 amide bonds. The Morgan fingerprint density at radius 2 is 2.05 bits per heavy atom. The summed E-state index contributed by atoms with van der Waals surface area (Å²) in [4.78, 5) is 34.2. The first-order valence-corrected chi connectivity index (χ1v) is 12.5. The van der Waals surface area contributed by atoms with Gasteiger partial charge in [-0.2, -0.15) is 5.10 Å². The van der Waals surface area contributed by atoms with Gasteiger partial charge >= 0.3 is 0 Å². The van der Waals surface area contributed by atoms with Crippen LogP contribution < -0.4 is 21.5 Å². The van der Waals surface area contributed by atoms with E-state index >= 15 is 0 Å². The number of amides is 1. The van der Waals surface area contributed by atoms with Gasteiger partial charge in [0.15, 0.2) is 5.17 Å². The Morgan fingerprint density at radius 1 is 1.28 bits per heavy atom. The average molecular weight is 551 g/mol. The van der Waals surface area contributed by atoms with Gasteiger partial charge in [0.25, 0.3) is 17.9 Å². The molecule has 0 bridgehead atoms. The van der Waals surface area contributed by atoms with Gasteiger partial charge in [0, 0.05) is 48.1 Å². The van der Waals surface area contributed by atoms with E-state index in [1.54, 1.807) is 19.3 Å². The minimum atomic E-state index is -2.86. The van der Waals surface area contributed by atoms with Gasteiger partial charge in [-0.15, -0.1) is 0 Å². The molecule has 12 heteroatoms. The third-order valence-electron chi connectivity index (χ3n) is 5.72. The number of hydrogen-bond acceptors (Lipinski definition) is 8. The van der Waals surface area contributed by atoms with E-state index in [9.17, 15) is 18.4 Å². The Kier molecular flexibility index (Phi) is 8.41. The van der Waals surface area contributed by atoms with Crippen LogP contribution in [-0.2, 0) is 7.05 Å². The van der Waals surface area contributed by atoms with Crippen LogP contribution in [0, 0.1) is 17.8 Å². The van der Waals surface area contributed by atoms with E-state index in [4.69, 9.17) is 10.6 Å². The zero-order valence-electron chi connectivity index (χ0n) is 21.1. The molecular weight excluding hydrogens is 526 g/mol. The van der Waals surface area contributed by atoms with Gasteiger partial charge in [0.1, 0.15) is 11.4 Å². The molecule has 1 saturated carbocycles. The van der Waals surface area contributed by atoms with E-state index in [1.165, 1.54) is 30.0 Å². The monoisotopic (exact) mass is 550 g/mol. The smallest absolute Gasteiger partial charge is 0.280 e. The number of aromatic nitrogens is 3. The fourth-order valence-corrected chi connectivity index (χ4v) is 4.02. The van der Waals surface area contributed by atoms with E-state index < -0.39 is 18.0 Å². The fourth-order valence-electron chi connectivity index (χ4n) is 3.48. The molecule has 39 heavy (non-hydrogen) atoms. The van der Waals surface area contributed by atoms with Gasteiger partial charge < -0.3 is 15.1 Å². The molecule has 3 heterocycles. The Bertz CT molecular complexity index is 1590. The minimum Gasteiger partial charge on any atom is -0.494 e. The highest BCUT2D eigenvalue weighted by Gasteiger charge is 2.22. The molecule has 0 unspecified atom stereocenters. The molecule has 4 rings (SSSR count). The average Bonchev–Trinajstić information content (AvgIpc) is 3.77. The number of rotatable bonds is 6. The first-order chi connectivity index (χ1) is 18.7. The second-order valence-corrected chi connectivity index (χ2v) is 9.63. The van der Waals surface area contributed by atoms with Gasteiger partial charge in [-0.3, -0.25) is 24.9 Å². The number of pyridine rings is 3. The van der Waals surface area contributed by atoms with Crippen molar-refractivity contribution in [3.8, 4) is 40.0 Å². The lowest BCUT2D eigenvalue weighted by Gasteiger charge is -2.15. The van der Waals surface area contributed by atoms with Crippen LogP contribution in [0.5, 0.6) is 5.75 Å². The van der Waals surface area contributed by atoms with E-state index in [0.717, 1.165) is 36.9 Å². The maximum Gasteiger partial charge on any atom is 0.280 e. The molecule has 1 aliphatic rings. The number of hydrogen-bond donors (Lipinski definition) is 2. The number of halogens is 2. The number of nitrogens with zero attached hydrogens (tertiary/aromatic N) is 4. The summed E-state index contributed by atoms with van der Waals surface area (Å²) in [6.07, 6.45) is 3.24. The summed E-state index contributed by atoms with van der Waals surface area (Å²) < 4.78 is 33.9. The molecule has 0 aromatic carbocycles. The SMILES string of the molecule is C=C(C#CC1CC1)S/C(=N\N)NC(=O)c1cnc(-c2ccn(C)c(=O)c2)cc1-c1cc(C(F)F)ncc1OC. The highest BCUT2D eigenvalue weighted by atomic mass is 32.2.